The van der Waals surface area contributed by atoms with Crippen molar-refractivity contribution in [2.75, 3.05) is 44.6 Å². The summed E-state index contributed by atoms with van der Waals surface area (Å²) in [6.07, 6.45) is -3.85. The van der Waals surface area contributed by atoms with Gasteiger partial charge in [0.2, 0.25) is 0 Å². The molecule has 1 saturated heterocycles. The molecule has 1 fully saturated rings. The van der Waals surface area contributed by atoms with Crippen molar-refractivity contribution in [2.45, 2.75) is 17.5 Å². The van der Waals surface area contributed by atoms with E-state index in [1.165, 1.54) is 41.2 Å². The molecular formula is C21H24F3N3O4S. The molecule has 0 bridgehead atoms. The number of rotatable bonds is 6. The van der Waals surface area contributed by atoms with Gasteiger partial charge in [0.25, 0.3) is 15.9 Å². The predicted octanol–water partition coefficient (Wildman–Crippen LogP) is 3.21. The number of hydrogen-bond acceptors (Lipinski definition) is 5. The third kappa shape index (κ3) is 6.13. The Kier molecular flexibility index (Phi) is 7.29. The molecule has 3 rings (SSSR count). The number of hydrogen-bond donors (Lipinski definition) is 1. The number of carbonyl (C=O) groups excluding carboxylic acids is 1. The molecule has 0 unspecified atom stereocenters. The van der Waals surface area contributed by atoms with Crippen LogP contribution in [0, 0.1) is 0 Å². The fourth-order valence-corrected chi connectivity index (χ4v) is 4.55. The summed E-state index contributed by atoms with van der Waals surface area (Å²) in [4.78, 5) is 15.5. The molecule has 7 nitrogen and oxygen atoms in total. The quantitative estimate of drug-likeness (QED) is 0.700. The van der Waals surface area contributed by atoms with Crippen LogP contribution in [0.5, 0.6) is 5.75 Å². The van der Waals surface area contributed by atoms with Gasteiger partial charge in [-0.15, -0.1) is 0 Å². The maximum Gasteiger partial charge on any atom is 0.401 e. The number of sulfonamides is 1. The van der Waals surface area contributed by atoms with Gasteiger partial charge in [0.15, 0.2) is 0 Å². The summed E-state index contributed by atoms with van der Waals surface area (Å²) in [6, 6.07) is 12.0. The van der Waals surface area contributed by atoms with Crippen LogP contribution in [0.1, 0.15) is 16.8 Å². The molecule has 1 aliphatic rings. The number of ether oxygens (including phenoxy) is 1. The number of nitrogens with one attached hydrogen (secondary N) is 1. The third-order valence-corrected chi connectivity index (χ3v) is 6.42. The van der Waals surface area contributed by atoms with Gasteiger partial charge in [0.05, 0.1) is 24.2 Å². The smallest absolute Gasteiger partial charge is 0.401 e. The summed E-state index contributed by atoms with van der Waals surface area (Å²) in [6.45, 7) is -0.108. The van der Waals surface area contributed by atoms with Crippen LogP contribution in [0.4, 0.5) is 18.9 Å². The SMILES string of the molecule is COc1ccccc1NS(=O)(=O)c1ccc(C(=O)N2CCCN(CC(F)(F)F)CC2)cc1. The van der Waals surface area contributed by atoms with Gasteiger partial charge in [-0.25, -0.2) is 8.42 Å². The van der Waals surface area contributed by atoms with Crippen LogP contribution in [0.3, 0.4) is 0 Å². The Morgan fingerprint density at radius 1 is 1.03 bits per heavy atom. The molecule has 0 atom stereocenters. The second-order valence-corrected chi connectivity index (χ2v) is 9.05. The van der Waals surface area contributed by atoms with Gasteiger partial charge < -0.3 is 9.64 Å². The van der Waals surface area contributed by atoms with Crippen LogP contribution in [0.2, 0.25) is 0 Å². The molecule has 174 valence electrons. The number of alkyl halides is 3. The molecule has 1 N–H and O–H groups in total. The van der Waals surface area contributed by atoms with E-state index in [0.29, 0.717) is 18.7 Å². The number of nitrogens with zero attached hydrogens (tertiary/aromatic N) is 2. The van der Waals surface area contributed by atoms with E-state index in [-0.39, 0.29) is 41.7 Å². The van der Waals surface area contributed by atoms with Gasteiger partial charge >= 0.3 is 6.18 Å². The van der Waals surface area contributed by atoms with Gasteiger partial charge in [0, 0.05) is 31.7 Å². The lowest BCUT2D eigenvalue weighted by Gasteiger charge is -2.23. The van der Waals surface area contributed by atoms with Crippen molar-refractivity contribution in [2.24, 2.45) is 0 Å². The first kappa shape index (κ1) is 23.9. The topological polar surface area (TPSA) is 78.9 Å². The summed E-state index contributed by atoms with van der Waals surface area (Å²) in [7, 11) is -2.48. The highest BCUT2D eigenvalue weighted by Crippen LogP contribution is 2.26. The zero-order valence-electron chi connectivity index (χ0n) is 17.4. The lowest BCUT2D eigenvalue weighted by molar-refractivity contribution is -0.145. The Labute approximate surface area is 184 Å². The minimum absolute atomic E-state index is 0.0350. The maximum atomic E-state index is 12.8. The summed E-state index contributed by atoms with van der Waals surface area (Å²) < 4.78 is 70.8. The highest BCUT2D eigenvalue weighted by Gasteiger charge is 2.32. The van der Waals surface area contributed by atoms with E-state index in [9.17, 15) is 26.4 Å². The summed E-state index contributed by atoms with van der Waals surface area (Å²) in [5.74, 6) is 0.0177. The van der Waals surface area contributed by atoms with Crippen molar-refractivity contribution in [3.05, 3.63) is 54.1 Å². The molecule has 1 amide bonds. The molecule has 0 saturated carbocycles. The number of benzene rings is 2. The molecule has 32 heavy (non-hydrogen) atoms. The Balaban J connectivity index is 1.67. The molecule has 2 aromatic rings. The Morgan fingerprint density at radius 3 is 2.38 bits per heavy atom. The highest BCUT2D eigenvalue weighted by molar-refractivity contribution is 7.92. The van der Waals surface area contributed by atoms with Gasteiger partial charge in [0.1, 0.15) is 5.75 Å². The van der Waals surface area contributed by atoms with E-state index in [1.54, 1.807) is 24.3 Å². The van der Waals surface area contributed by atoms with Crippen molar-refractivity contribution in [1.82, 2.24) is 9.80 Å². The van der Waals surface area contributed by atoms with E-state index in [4.69, 9.17) is 4.74 Å². The molecular weight excluding hydrogens is 447 g/mol. The zero-order valence-corrected chi connectivity index (χ0v) is 18.2. The second-order valence-electron chi connectivity index (χ2n) is 7.37. The van der Waals surface area contributed by atoms with E-state index >= 15 is 0 Å². The molecule has 0 aromatic heterocycles. The van der Waals surface area contributed by atoms with E-state index in [0.717, 1.165) is 0 Å². The largest absolute Gasteiger partial charge is 0.495 e. The van der Waals surface area contributed by atoms with Crippen molar-refractivity contribution in [1.29, 1.82) is 0 Å². The average molecular weight is 472 g/mol. The van der Waals surface area contributed by atoms with E-state index < -0.39 is 22.7 Å². The average Bonchev–Trinajstić information content (AvgIpc) is 2.97. The first-order valence-corrected chi connectivity index (χ1v) is 11.4. The lowest BCUT2D eigenvalue weighted by atomic mass is 10.2. The zero-order chi connectivity index (χ0) is 23.4. The standard InChI is InChI=1S/C21H24F3N3O4S/c1-31-19-6-3-2-5-18(19)25-32(29,30)17-9-7-16(8-10-17)20(28)27-12-4-11-26(13-14-27)15-21(22,23)24/h2-3,5-10,25H,4,11-15H2,1H3. The van der Waals surface area contributed by atoms with Gasteiger partial charge in [-0.05, 0) is 42.8 Å². The third-order valence-electron chi connectivity index (χ3n) is 5.04. The van der Waals surface area contributed by atoms with Crippen LogP contribution >= 0.6 is 0 Å². The molecule has 0 spiro atoms. The van der Waals surface area contributed by atoms with Crippen LogP contribution < -0.4 is 9.46 Å². The lowest BCUT2D eigenvalue weighted by Crippen LogP contribution is -2.38. The molecule has 0 radical (unpaired) electrons. The monoisotopic (exact) mass is 471 g/mol. The number of amides is 1. The van der Waals surface area contributed by atoms with Crippen LogP contribution in [0.25, 0.3) is 0 Å². The fraction of sp³-hybridized carbons (Fsp3) is 0.381. The molecule has 0 aliphatic carbocycles. The summed E-state index contributed by atoms with van der Waals surface area (Å²) >= 11 is 0. The molecule has 11 heteroatoms. The minimum Gasteiger partial charge on any atom is -0.495 e. The Hall–Kier alpha value is -2.79. The summed E-state index contributed by atoms with van der Waals surface area (Å²) in [5.41, 5.74) is 0.550. The first-order chi connectivity index (χ1) is 15.1. The normalized spacial score (nSPS) is 15.8. The molecule has 2 aromatic carbocycles. The van der Waals surface area contributed by atoms with Gasteiger partial charge in [-0.3, -0.25) is 14.4 Å². The Bertz CT molecular complexity index is 1040. The van der Waals surface area contributed by atoms with Crippen molar-refractivity contribution >= 4 is 21.6 Å². The van der Waals surface area contributed by atoms with Crippen LogP contribution in [-0.4, -0.2) is 70.1 Å². The van der Waals surface area contributed by atoms with Crippen molar-refractivity contribution < 1.29 is 31.1 Å². The predicted molar refractivity (Wildman–Crippen MR) is 113 cm³/mol. The minimum atomic E-state index is -4.28. The highest BCUT2D eigenvalue weighted by atomic mass is 32.2. The van der Waals surface area contributed by atoms with Crippen LogP contribution in [-0.2, 0) is 10.0 Å². The van der Waals surface area contributed by atoms with Crippen molar-refractivity contribution in [3.63, 3.8) is 0 Å². The number of carbonyl (C=O) groups is 1. The van der Waals surface area contributed by atoms with Gasteiger partial charge in [-0.1, -0.05) is 12.1 Å². The van der Waals surface area contributed by atoms with Crippen LogP contribution in [0.15, 0.2) is 53.4 Å². The first-order valence-electron chi connectivity index (χ1n) is 9.93. The number of anilines is 1. The number of methoxy groups -OCH3 is 1. The van der Waals surface area contributed by atoms with E-state index in [1.807, 2.05) is 0 Å². The number of halogens is 3. The van der Waals surface area contributed by atoms with E-state index in [2.05, 4.69) is 4.72 Å². The summed E-state index contributed by atoms with van der Waals surface area (Å²) in [5, 5.41) is 0. The molecule has 1 heterocycles. The van der Waals surface area contributed by atoms with Crippen molar-refractivity contribution in [3.8, 4) is 5.75 Å². The Morgan fingerprint density at radius 2 is 1.72 bits per heavy atom. The fourth-order valence-electron chi connectivity index (χ4n) is 3.48. The number of para-hydroxylation sites is 2. The second kappa shape index (κ2) is 9.78. The van der Waals surface area contributed by atoms with Gasteiger partial charge in [-0.2, -0.15) is 13.2 Å². The molecule has 1 aliphatic heterocycles. The maximum absolute atomic E-state index is 12.8.